The second kappa shape index (κ2) is 9.00. The van der Waals surface area contributed by atoms with E-state index in [-0.39, 0.29) is 12.1 Å². The third-order valence-corrected chi connectivity index (χ3v) is 10.8. The molecule has 2 heterocycles. The summed E-state index contributed by atoms with van der Waals surface area (Å²) in [5.74, 6) is 0. The molecular formula is C41H31BN2. The number of para-hydroxylation sites is 3. The molecule has 2 aliphatic heterocycles. The Hall–Kier alpha value is -5.02. The lowest BCUT2D eigenvalue weighted by molar-refractivity contribution is 0.550. The van der Waals surface area contributed by atoms with Crippen LogP contribution in [-0.2, 0) is 5.41 Å². The van der Waals surface area contributed by atoms with Gasteiger partial charge in [0, 0.05) is 39.4 Å². The Kier molecular flexibility index (Phi) is 5.00. The summed E-state index contributed by atoms with van der Waals surface area (Å²) in [6, 6.07) is 52.3. The van der Waals surface area contributed by atoms with Crippen LogP contribution in [0.4, 0.5) is 34.1 Å². The Balaban J connectivity index is 1.28. The van der Waals surface area contributed by atoms with Gasteiger partial charge in [-0.25, -0.2) is 0 Å². The highest BCUT2D eigenvalue weighted by molar-refractivity contribution is 7.00. The lowest BCUT2D eigenvalue weighted by Gasteiger charge is -2.44. The number of hydrogen-bond acceptors (Lipinski definition) is 2. The van der Waals surface area contributed by atoms with E-state index in [0.29, 0.717) is 0 Å². The summed E-state index contributed by atoms with van der Waals surface area (Å²) in [5, 5.41) is 0. The molecule has 2 aliphatic carbocycles. The first-order valence-corrected chi connectivity index (χ1v) is 16.0. The average molecular weight is 563 g/mol. The zero-order valence-corrected chi connectivity index (χ0v) is 24.6. The molecule has 208 valence electrons. The minimum absolute atomic E-state index is 0.138. The quantitative estimate of drug-likeness (QED) is 0.195. The fourth-order valence-corrected chi connectivity index (χ4v) is 9.14. The van der Waals surface area contributed by atoms with E-state index in [1.54, 1.807) is 0 Å². The van der Waals surface area contributed by atoms with Crippen LogP contribution >= 0.6 is 0 Å². The van der Waals surface area contributed by atoms with Crippen molar-refractivity contribution in [3.63, 3.8) is 0 Å². The van der Waals surface area contributed by atoms with Crippen molar-refractivity contribution in [3.8, 4) is 11.1 Å². The van der Waals surface area contributed by atoms with Crippen molar-refractivity contribution >= 4 is 57.2 Å². The molecule has 0 N–H and O–H groups in total. The Bertz CT molecular complexity index is 2110. The van der Waals surface area contributed by atoms with Crippen molar-refractivity contribution in [3.05, 3.63) is 151 Å². The maximum absolute atomic E-state index is 2.59. The lowest BCUT2D eigenvalue weighted by Crippen LogP contribution is -2.61. The molecule has 0 radical (unpaired) electrons. The van der Waals surface area contributed by atoms with Gasteiger partial charge in [0.05, 0.1) is 5.69 Å². The standard InChI is InChI=1S/C41H31BN2/c1-2-14-28(15-3-1)43-34-21-8-6-19-32(34)42-33-20-7-9-22-35(33)44(38-25-13-24-37(43)40(38)42)36-23-12-18-31-39(36)29-16-4-5-17-30(29)41(31)26-10-11-27-41/h1-9,12-25H,10-11,26-27H2. The number of anilines is 6. The second-order valence-electron chi connectivity index (χ2n) is 12.8. The molecule has 0 unspecified atom stereocenters. The Labute approximate surface area is 259 Å². The van der Waals surface area contributed by atoms with E-state index in [9.17, 15) is 0 Å². The van der Waals surface area contributed by atoms with Crippen molar-refractivity contribution in [2.45, 2.75) is 31.1 Å². The predicted octanol–water partition coefficient (Wildman–Crippen LogP) is 8.61. The number of nitrogens with zero attached hydrogens (tertiary/aromatic N) is 2. The van der Waals surface area contributed by atoms with Gasteiger partial charge in [0.2, 0.25) is 0 Å². The molecule has 1 saturated carbocycles. The summed E-state index contributed by atoms with van der Waals surface area (Å²) in [4.78, 5) is 5.06. The fourth-order valence-electron chi connectivity index (χ4n) is 9.14. The van der Waals surface area contributed by atoms with Crippen LogP contribution in [0.2, 0.25) is 0 Å². The van der Waals surface area contributed by atoms with E-state index in [0.717, 1.165) is 0 Å². The molecule has 4 aliphatic rings. The van der Waals surface area contributed by atoms with Gasteiger partial charge < -0.3 is 9.80 Å². The normalized spacial score (nSPS) is 16.3. The van der Waals surface area contributed by atoms with E-state index < -0.39 is 0 Å². The van der Waals surface area contributed by atoms with E-state index in [1.807, 2.05) is 0 Å². The van der Waals surface area contributed by atoms with Crippen LogP contribution in [0.15, 0.2) is 140 Å². The summed E-state index contributed by atoms with van der Waals surface area (Å²) in [7, 11) is 0. The maximum atomic E-state index is 2.59. The van der Waals surface area contributed by atoms with Crippen LogP contribution in [0.5, 0.6) is 0 Å². The van der Waals surface area contributed by atoms with Gasteiger partial charge in [-0.1, -0.05) is 110 Å². The summed E-state index contributed by atoms with van der Waals surface area (Å²) >= 11 is 0. The van der Waals surface area contributed by atoms with Gasteiger partial charge in [0.25, 0.3) is 6.71 Å². The number of hydrogen-bond donors (Lipinski definition) is 0. The minimum Gasteiger partial charge on any atom is -0.311 e. The second-order valence-corrected chi connectivity index (χ2v) is 12.8. The monoisotopic (exact) mass is 562 g/mol. The number of fused-ring (bicyclic) bond motifs is 9. The average Bonchev–Trinajstić information content (AvgIpc) is 3.69. The van der Waals surface area contributed by atoms with E-state index in [4.69, 9.17) is 0 Å². The molecule has 0 aromatic heterocycles. The molecule has 0 saturated heterocycles. The molecule has 1 fully saturated rings. The van der Waals surface area contributed by atoms with Crippen LogP contribution in [0, 0.1) is 0 Å². The Morgan fingerprint density at radius 3 is 1.77 bits per heavy atom. The van der Waals surface area contributed by atoms with Crippen LogP contribution in [-0.4, -0.2) is 6.71 Å². The van der Waals surface area contributed by atoms with Gasteiger partial charge in [-0.15, -0.1) is 0 Å². The van der Waals surface area contributed by atoms with Crippen molar-refractivity contribution in [2.24, 2.45) is 0 Å². The van der Waals surface area contributed by atoms with Crippen LogP contribution in [0.3, 0.4) is 0 Å². The highest BCUT2D eigenvalue weighted by Gasteiger charge is 2.48. The van der Waals surface area contributed by atoms with Crippen molar-refractivity contribution in [1.29, 1.82) is 0 Å². The molecule has 0 amide bonds. The van der Waals surface area contributed by atoms with Gasteiger partial charge in [-0.05, 0) is 88.4 Å². The number of rotatable bonds is 2. The maximum Gasteiger partial charge on any atom is 0.252 e. The van der Waals surface area contributed by atoms with Gasteiger partial charge in [-0.2, -0.15) is 0 Å². The van der Waals surface area contributed by atoms with Gasteiger partial charge in [-0.3, -0.25) is 0 Å². The van der Waals surface area contributed by atoms with Crippen LogP contribution in [0.1, 0.15) is 36.8 Å². The summed E-state index contributed by atoms with van der Waals surface area (Å²) in [6.07, 6.45) is 5.08. The third kappa shape index (κ3) is 3.07. The summed E-state index contributed by atoms with van der Waals surface area (Å²) in [6.45, 7) is 0.162. The first-order valence-electron chi connectivity index (χ1n) is 16.0. The summed E-state index contributed by atoms with van der Waals surface area (Å²) < 4.78 is 0. The van der Waals surface area contributed by atoms with Gasteiger partial charge >= 0.3 is 0 Å². The first kappa shape index (κ1) is 24.4. The van der Waals surface area contributed by atoms with Crippen LogP contribution in [0.25, 0.3) is 11.1 Å². The Morgan fingerprint density at radius 1 is 0.455 bits per heavy atom. The molecule has 1 spiro atoms. The van der Waals surface area contributed by atoms with Gasteiger partial charge in [0.1, 0.15) is 0 Å². The van der Waals surface area contributed by atoms with Crippen molar-refractivity contribution in [1.82, 2.24) is 0 Å². The molecule has 6 aromatic carbocycles. The summed E-state index contributed by atoms with van der Waals surface area (Å²) in [5.41, 5.74) is 17.7. The topological polar surface area (TPSA) is 6.48 Å². The minimum atomic E-state index is 0.138. The predicted molar refractivity (Wildman–Crippen MR) is 185 cm³/mol. The molecule has 10 rings (SSSR count). The third-order valence-electron chi connectivity index (χ3n) is 10.8. The van der Waals surface area contributed by atoms with Crippen molar-refractivity contribution < 1.29 is 0 Å². The molecule has 2 nitrogen and oxygen atoms in total. The zero-order chi connectivity index (χ0) is 28.8. The number of benzene rings is 6. The van der Waals surface area contributed by atoms with E-state index in [2.05, 4.69) is 149 Å². The molecule has 44 heavy (non-hydrogen) atoms. The Morgan fingerprint density at radius 2 is 1.00 bits per heavy atom. The zero-order valence-electron chi connectivity index (χ0n) is 24.6. The lowest BCUT2D eigenvalue weighted by atomic mass is 9.33. The highest BCUT2D eigenvalue weighted by atomic mass is 15.2. The molecule has 0 atom stereocenters. The van der Waals surface area contributed by atoms with Crippen molar-refractivity contribution in [2.75, 3.05) is 9.80 Å². The van der Waals surface area contributed by atoms with E-state index in [1.165, 1.54) is 98.4 Å². The molecule has 0 bridgehead atoms. The molecule has 6 aromatic rings. The van der Waals surface area contributed by atoms with E-state index >= 15 is 0 Å². The van der Waals surface area contributed by atoms with Crippen LogP contribution < -0.4 is 26.2 Å². The fraction of sp³-hybridized carbons (Fsp3) is 0.122. The van der Waals surface area contributed by atoms with Gasteiger partial charge in [0.15, 0.2) is 0 Å². The molecule has 3 heteroatoms. The molecular weight excluding hydrogens is 531 g/mol. The smallest absolute Gasteiger partial charge is 0.252 e. The largest absolute Gasteiger partial charge is 0.311 e. The highest BCUT2D eigenvalue weighted by Crippen LogP contribution is 2.60. The first-order chi connectivity index (χ1) is 21.9. The SMILES string of the molecule is c1ccc(N2c3ccccc3B3c4ccccc4N(c4cccc5c4-c4ccccc4C54CCCC4)c4cccc2c43)cc1.